The van der Waals surface area contributed by atoms with Crippen molar-refractivity contribution in [1.82, 2.24) is 4.57 Å². The van der Waals surface area contributed by atoms with Crippen molar-refractivity contribution < 1.29 is 9.53 Å². The number of rotatable bonds is 3. The van der Waals surface area contributed by atoms with E-state index < -0.39 is 5.97 Å². The van der Waals surface area contributed by atoms with Gasteiger partial charge in [0.15, 0.2) is 0 Å². The molecule has 0 spiro atoms. The standard InChI is InChI=1S/C17H14ClNO2/c1-21-17(20)14-8-7-13-9-10-19(16(13)15(14)18)11-12-5-3-2-4-6-12/h2-10H,11H2,1H3. The van der Waals surface area contributed by atoms with Crippen molar-refractivity contribution in [2.24, 2.45) is 0 Å². The number of esters is 1. The summed E-state index contributed by atoms with van der Waals surface area (Å²) in [6, 6.07) is 15.7. The molecule has 0 radical (unpaired) electrons. The third-order valence-corrected chi connectivity index (χ3v) is 3.85. The molecule has 3 nitrogen and oxygen atoms in total. The average Bonchev–Trinajstić information content (AvgIpc) is 2.92. The van der Waals surface area contributed by atoms with E-state index in [1.165, 1.54) is 12.7 Å². The van der Waals surface area contributed by atoms with E-state index in [-0.39, 0.29) is 0 Å². The van der Waals surface area contributed by atoms with Crippen molar-refractivity contribution in [2.75, 3.05) is 7.11 Å². The number of methoxy groups -OCH3 is 1. The lowest BCUT2D eigenvalue weighted by molar-refractivity contribution is 0.0601. The van der Waals surface area contributed by atoms with Crippen LogP contribution in [0.4, 0.5) is 0 Å². The van der Waals surface area contributed by atoms with Gasteiger partial charge in [0.25, 0.3) is 0 Å². The van der Waals surface area contributed by atoms with Gasteiger partial charge in [-0.2, -0.15) is 0 Å². The van der Waals surface area contributed by atoms with Crippen molar-refractivity contribution >= 4 is 28.5 Å². The molecule has 106 valence electrons. The first-order valence-electron chi connectivity index (χ1n) is 6.60. The van der Waals surface area contributed by atoms with Crippen LogP contribution in [0.2, 0.25) is 5.02 Å². The number of hydrogen-bond donors (Lipinski definition) is 0. The minimum Gasteiger partial charge on any atom is -0.465 e. The van der Waals surface area contributed by atoms with Crippen molar-refractivity contribution in [1.29, 1.82) is 0 Å². The lowest BCUT2D eigenvalue weighted by atomic mass is 10.1. The summed E-state index contributed by atoms with van der Waals surface area (Å²) in [5.74, 6) is -0.422. The minimum atomic E-state index is -0.422. The molecular formula is C17H14ClNO2. The van der Waals surface area contributed by atoms with Gasteiger partial charge in [-0.05, 0) is 17.7 Å². The van der Waals surface area contributed by atoms with Crippen LogP contribution in [-0.4, -0.2) is 17.6 Å². The van der Waals surface area contributed by atoms with E-state index >= 15 is 0 Å². The summed E-state index contributed by atoms with van der Waals surface area (Å²) in [7, 11) is 1.35. The number of aromatic nitrogens is 1. The van der Waals surface area contributed by atoms with Crippen LogP contribution in [0.1, 0.15) is 15.9 Å². The van der Waals surface area contributed by atoms with E-state index in [1.807, 2.05) is 41.1 Å². The highest BCUT2D eigenvalue weighted by atomic mass is 35.5. The number of carbonyl (C=O) groups excluding carboxylic acids is 1. The molecule has 0 bridgehead atoms. The van der Waals surface area contributed by atoms with Crippen molar-refractivity contribution in [2.45, 2.75) is 6.54 Å². The molecule has 4 heteroatoms. The topological polar surface area (TPSA) is 31.2 Å². The number of benzene rings is 2. The zero-order chi connectivity index (χ0) is 14.8. The minimum absolute atomic E-state index is 0.389. The van der Waals surface area contributed by atoms with Gasteiger partial charge < -0.3 is 9.30 Å². The predicted molar refractivity (Wildman–Crippen MR) is 83.8 cm³/mol. The smallest absolute Gasteiger partial charge is 0.339 e. The van der Waals surface area contributed by atoms with Crippen LogP contribution < -0.4 is 0 Å². The first-order chi connectivity index (χ1) is 10.2. The maximum Gasteiger partial charge on any atom is 0.339 e. The summed E-state index contributed by atoms with van der Waals surface area (Å²) in [5.41, 5.74) is 2.41. The number of fused-ring (bicyclic) bond motifs is 1. The second-order valence-electron chi connectivity index (χ2n) is 4.79. The molecule has 0 saturated carbocycles. The van der Waals surface area contributed by atoms with E-state index in [9.17, 15) is 4.79 Å². The molecule has 0 unspecified atom stereocenters. The molecule has 2 aromatic carbocycles. The number of hydrogen-bond acceptors (Lipinski definition) is 2. The highest BCUT2D eigenvalue weighted by molar-refractivity contribution is 6.38. The second kappa shape index (κ2) is 5.62. The largest absolute Gasteiger partial charge is 0.465 e. The van der Waals surface area contributed by atoms with E-state index in [4.69, 9.17) is 16.3 Å². The summed E-state index contributed by atoms with van der Waals surface area (Å²) in [6.45, 7) is 0.703. The summed E-state index contributed by atoms with van der Waals surface area (Å²) < 4.78 is 6.81. The van der Waals surface area contributed by atoms with Crippen LogP contribution >= 0.6 is 11.6 Å². The lowest BCUT2D eigenvalue weighted by Crippen LogP contribution is -2.04. The van der Waals surface area contributed by atoms with E-state index in [0.717, 1.165) is 10.9 Å². The summed E-state index contributed by atoms with van der Waals surface area (Å²) in [6.07, 6.45) is 1.98. The molecule has 0 fully saturated rings. The van der Waals surface area contributed by atoms with Crippen LogP contribution in [0.5, 0.6) is 0 Å². The molecule has 1 heterocycles. The maximum absolute atomic E-state index is 11.8. The van der Waals surface area contributed by atoms with Gasteiger partial charge >= 0.3 is 5.97 Å². The second-order valence-corrected chi connectivity index (χ2v) is 5.16. The molecule has 0 aliphatic heterocycles. The molecule has 21 heavy (non-hydrogen) atoms. The van der Waals surface area contributed by atoms with Gasteiger partial charge in [0.05, 0.1) is 23.2 Å². The Morgan fingerprint density at radius 1 is 1.14 bits per heavy atom. The number of carbonyl (C=O) groups is 1. The summed E-state index contributed by atoms with van der Waals surface area (Å²) in [5, 5.41) is 1.43. The Labute approximate surface area is 127 Å². The maximum atomic E-state index is 11.8. The Hall–Kier alpha value is -2.26. The van der Waals surface area contributed by atoms with Gasteiger partial charge in [-0.25, -0.2) is 4.79 Å². The van der Waals surface area contributed by atoms with Gasteiger partial charge in [-0.1, -0.05) is 48.0 Å². The fourth-order valence-corrected chi connectivity index (χ4v) is 2.79. The van der Waals surface area contributed by atoms with Crippen molar-refractivity contribution in [3.63, 3.8) is 0 Å². The number of nitrogens with zero attached hydrogens (tertiary/aromatic N) is 1. The first kappa shape index (κ1) is 13.7. The van der Waals surface area contributed by atoms with Crippen LogP contribution in [0.25, 0.3) is 10.9 Å². The third kappa shape index (κ3) is 2.52. The zero-order valence-corrected chi connectivity index (χ0v) is 12.3. The van der Waals surface area contributed by atoms with Crippen LogP contribution in [0.15, 0.2) is 54.7 Å². The van der Waals surface area contributed by atoms with E-state index in [1.54, 1.807) is 6.07 Å². The Kier molecular flexibility index (Phi) is 3.67. The van der Waals surface area contributed by atoms with Crippen molar-refractivity contribution in [3.8, 4) is 0 Å². The average molecular weight is 300 g/mol. The fraction of sp³-hybridized carbons (Fsp3) is 0.118. The summed E-state index contributed by atoms with van der Waals surface area (Å²) >= 11 is 6.41. The number of halogens is 1. The van der Waals surface area contributed by atoms with Crippen LogP contribution in [0.3, 0.4) is 0 Å². The Morgan fingerprint density at radius 3 is 2.62 bits per heavy atom. The number of ether oxygens (including phenoxy) is 1. The SMILES string of the molecule is COC(=O)c1ccc2ccn(Cc3ccccc3)c2c1Cl. The molecule has 1 aromatic heterocycles. The monoisotopic (exact) mass is 299 g/mol. The Balaban J connectivity index is 2.10. The highest BCUT2D eigenvalue weighted by Crippen LogP contribution is 2.29. The molecular weight excluding hydrogens is 286 g/mol. The highest BCUT2D eigenvalue weighted by Gasteiger charge is 2.15. The fourth-order valence-electron chi connectivity index (χ4n) is 2.43. The van der Waals surface area contributed by atoms with Gasteiger partial charge in [-0.3, -0.25) is 0 Å². The molecule has 0 atom stereocenters. The molecule has 0 N–H and O–H groups in total. The van der Waals surface area contributed by atoms with E-state index in [2.05, 4.69) is 12.1 Å². The van der Waals surface area contributed by atoms with Crippen LogP contribution in [-0.2, 0) is 11.3 Å². The third-order valence-electron chi connectivity index (χ3n) is 3.47. The lowest BCUT2D eigenvalue weighted by Gasteiger charge is -2.09. The van der Waals surface area contributed by atoms with Crippen molar-refractivity contribution in [3.05, 3.63) is 70.9 Å². The van der Waals surface area contributed by atoms with Gasteiger partial charge in [-0.15, -0.1) is 0 Å². The summed E-state index contributed by atoms with van der Waals surface area (Å²) in [4.78, 5) is 11.8. The van der Waals surface area contributed by atoms with E-state index in [0.29, 0.717) is 17.1 Å². The first-order valence-corrected chi connectivity index (χ1v) is 6.98. The van der Waals surface area contributed by atoms with Crippen LogP contribution in [0, 0.1) is 0 Å². The normalized spacial score (nSPS) is 10.8. The molecule has 0 aliphatic rings. The Bertz CT molecular complexity index is 793. The Morgan fingerprint density at radius 2 is 1.90 bits per heavy atom. The molecule has 0 saturated heterocycles. The quantitative estimate of drug-likeness (QED) is 0.681. The molecule has 0 aliphatic carbocycles. The molecule has 3 rings (SSSR count). The predicted octanol–water partition coefficient (Wildman–Crippen LogP) is 4.13. The molecule has 3 aromatic rings. The van der Waals surface area contributed by atoms with Gasteiger partial charge in [0.2, 0.25) is 0 Å². The zero-order valence-electron chi connectivity index (χ0n) is 11.5. The van der Waals surface area contributed by atoms with Gasteiger partial charge in [0, 0.05) is 18.1 Å². The molecule has 0 amide bonds. The van der Waals surface area contributed by atoms with Gasteiger partial charge in [0.1, 0.15) is 0 Å².